The summed E-state index contributed by atoms with van der Waals surface area (Å²) in [5, 5.41) is 21.8. The largest absolute Gasteiger partial charge is 0.493 e. The molecule has 0 heterocycles. The van der Waals surface area contributed by atoms with E-state index in [1.54, 1.807) is 0 Å². The first-order valence-corrected chi connectivity index (χ1v) is 6.52. The highest BCUT2D eigenvalue weighted by atomic mass is 16.5. The van der Waals surface area contributed by atoms with Crippen molar-refractivity contribution in [1.29, 1.82) is 0 Å². The third-order valence-electron chi connectivity index (χ3n) is 3.14. The van der Waals surface area contributed by atoms with Gasteiger partial charge in [-0.15, -0.1) is 0 Å². The van der Waals surface area contributed by atoms with Gasteiger partial charge in [-0.1, -0.05) is 18.2 Å². The van der Waals surface area contributed by atoms with Gasteiger partial charge in [-0.2, -0.15) is 0 Å². The molecule has 0 bridgehead atoms. The maximum atomic E-state index is 9.24. The number of benzene rings is 1. The molecule has 0 aliphatic heterocycles. The second-order valence-electron chi connectivity index (χ2n) is 4.72. The van der Waals surface area contributed by atoms with Gasteiger partial charge in [-0.25, -0.2) is 0 Å². The van der Waals surface area contributed by atoms with Crippen LogP contribution in [0, 0.1) is 0 Å². The van der Waals surface area contributed by atoms with Crippen LogP contribution in [-0.4, -0.2) is 35.5 Å². The fourth-order valence-electron chi connectivity index (χ4n) is 1.90. The molecule has 4 nitrogen and oxygen atoms in total. The van der Waals surface area contributed by atoms with Crippen molar-refractivity contribution in [2.45, 2.75) is 38.0 Å². The first kappa shape index (κ1) is 13.3. The Morgan fingerprint density at radius 1 is 1.28 bits per heavy atom. The minimum atomic E-state index is -0.0140. The first-order valence-electron chi connectivity index (χ1n) is 6.52. The van der Waals surface area contributed by atoms with Gasteiger partial charge in [0.1, 0.15) is 5.75 Å². The van der Waals surface area contributed by atoms with Crippen molar-refractivity contribution in [3.05, 3.63) is 29.8 Å². The summed E-state index contributed by atoms with van der Waals surface area (Å²) in [6.07, 6.45) is 3.20. The molecule has 0 spiro atoms. The molecule has 0 aromatic heterocycles. The predicted octanol–water partition coefficient (Wildman–Crippen LogP) is 1.06. The van der Waals surface area contributed by atoms with E-state index in [0.29, 0.717) is 12.6 Å². The smallest absolute Gasteiger partial charge is 0.124 e. The van der Waals surface area contributed by atoms with Gasteiger partial charge in [-0.05, 0) is 25.3 Å². The molecule has 0 amide bonds. The highest BCUT2D eigenvalue weighted by molar-refractivity contribution is 5.32. The van der Waals surface area contributed by atoms with Gasteiger partial charge in [0.25, 0.3) is 0 Å². The minimum Gasteiger partial charge on any atom is -0.493 e. The number of hydrogen-bond acceptors (Lipinski definition) is 4. The molecular weight excluding hydrogens is 230 g/mol. The molecule has 1 saturated carbocycles. The molecule has 1 atom stereocenters. The van der Waals surface area contributed by atoms with E-state index in [9.17, 15) is 5.11 Å². The van der Waals surface area contributed by atoms with Crippen LogP contribution in [0.15, 0.2) is 24.3 Å². The van der Waals surface area contributed by atoms with Gasteiger partial charge in [0.05, 0.1) is 19.8 Å². The topological polar surface area (TPSA) is 61.7 Å². The fourth-order valence-corrected chi connectivity index (χ4v) is 1.90. The van der Waals surface area contributed by atoms with E-state index >= 15 is 0 Å². The average molecular weight is 251 g/mol. The molecule has 1 aliphatic carbocycles. The van der Waals surface area contributed by atoms with E-state index < -0.39 is 0 Å². The van der Waals surface area contributed by atoms with E-state index in [2.05, 4.69) is 5.32 Å². The summed E-state index contributed by atoms with van der Waals surface area (Å²) in [6, 6.07) is 8.17. The van der Waals surface area contributed by atoms with E-state index in [-0.39, 0.29) is 19.3 Å². The van der Waals surface area contributed by atoms with Crippen molar-refractivity contribution in [2.75, 3.05) is 13.2 Å². The third kappa shape index (κ3) is 3.98. The van der Waals surface area contributed by atoms with Gasteiger partial charge < -0.3 is 20.3 Å². The Balaban J connectivity index is 1.75. The Bertz CT molecular complexity index is 366. The lowest BCUT2D eigenvalue weighted by atomic mass is 10.2. The Morgan fingerprint density at radius 3 is 2.72 bits per heavy atom. The van der Waals surface area contributed by atoms with E-state index in [1.165, 1.54) is 12.8 Å². The second-order valence-corrected chi connectivity index (χ2v) is 4.72. The summed E-state index contributed by atoms with van der Waals surface area (Å²) < 4.78 is 5.65. The number of hydrogen-bond donors (Lipinski definition) is 3. The Labute approximate surface area is 108 Å². The molecule has 0 radical (unpaired) electrons. The summed E-state index contributed by atoms with van der Waals surface area (Å²) >= 11 is 0. The zero-order chi connectivity index (χ0) is 12.8. The number of aliphatic hydroxyl groups is 2. The maximum absolute atomic E-state index is 9.24. The standard InChI is InChI=1S/C14H21NO3/c16-9-11-3-1-2-4-14(11)18-8-7-13(10-17)15-12-5-6-12/h1-4,12-13,15-17H,5-10H2. The quantitative estimate of drug-likeness (QED) is 0.646. The highest BCUT2D eigenvalue weighted by Crippen LogP contribution is 2.20. The molecule has 100 valence electrons. The number of para-hydroxylation sites is 1. The zero-order valence-electron chi connectivity index (χ0n) is 10.5. The van der Waals surface area contributed by atoms with Crippen LogP contribution in [0.25, 0.3) is 0 Å². The molecule has 4 heteroatoms. The summed E-state index contributed by atoms with van der Waals surface area (Å²) in [7, 11) is 0. The Hall–Kier alpha value is -1.10. The van der Waals surface area contributed by atoms with Crippen molar-refractivity contribution < 1.29 is 14.9 Å². The molecule has 1 aromatic rings. The summed E-state index contributed by atoms with van der Waals surface area (Å²) in [5.74, 6) is 0.725. The number of rotatable bonds is 8. The van der Waals surface area contributed by atoms with Crippen molar-refractivity contribution >= 4 is 0 Å². The number of ether oxygens (including phenoxy) is 1. The highest BCUT2D eigenvalue weighted by Gasteiger charge is 2.24. The number of nitrogens with one attached hydrogen (secondary N) is 1. The molecular formula is C14H21NO3. The third-order valence-corrected chi connectivity index (χ3v) is 3.14. The maximum Gasteiger partial charge on any atom is 0.124 e. The van der Waals surface area contributed by atoms with Crippen molar-refractivity contribution in [1.82, 2.24) is 5.32 Å². The van der Waals surface area contributed by atoms with Crippen molar-refractivity contribution in [3.8, 4) is 5.75 Å². The van der Waals surface area contributed by atoms with E-state index in [1.807, 2.05) is 24.3 Å². The van der Waals surface area contributed by atoms with E-state index in [0.717, 1.165) is 17.7 Å². The summed E-state index contributed by atoms with van der Waals surface area (Å²) in [6.45, 7) is 0.670. The lowest BCUT2D eigenvalue weighted by Gasteiger charge is -2.16. The molecule has 1 aliphatic rings. The molecule has 1 aromatic carbocycles. The predicted molar refractivity (Wildman–Crippen MR) is 69.5 cm³/mol. The van der Waals surface area contributed by atoms with E-state index in [4.69, 9.17) is 9.84 Å². The van der Waals surface area contributed by atoms with Crippen LogP contribution in [0.1, 0.15) is 24.8 Å². The van der Waals surface area contributed by atoms with Crippen LogP contribution >= 0.6 is 0 Å². The first-order chi connectivity index (χ1) is 8.83. The van der Waals surface area contributed by atoms with Crippen molar-refractivity contribution in [2.24, 2.45) is 0 Å². The average Bonchev–Trinajstić information content (AvgIpc) is 3.22. The lowest BCUT2D eigenvalue weighted by Crippen LogP contribution is -2.35. The van der Waals surface area contributed by atoms with Gasteiger partial charge >= 0.3 is 0 Å². The van der Waals surface area contributed by atoms with Crippen LogP contribution in [0.2, 0.25) is 0 Å². The van der Waals surface area contributed by atoms with Crippen LogP contribution in [0.5, 0.6) is 5.75 Å². The van der Waals surface area contributed by atoms with Crippen LogP contribution in [-0.2, 0) is 6.61 Å². The molecule has 18 heavy (non-hydrogen) atoms. The second kappa shape index (κ2) is 6.73. The van der Waals surface area contributed by atoms with Crippen LogP contribution in [0.3, 0.4) is 0 Å². The molecule has 1 unspecified atom stereocenters. The SMILES string of the molecule is OCc1ccccc1OCCC(CO)NC1CC1. The Morgan fingerprint density at radius 2 is 2.06 bits per heavy atom. The summed E-state index contributed by atoms with van der Waals surface area (Å²) in [5.41, 5.74) is 0.799. The number of aliphatic hydroxyl groups excluding tert-OH is 2. The zero-order valence-corrected chi connectivity index (χ0v) is 10.5. The minimum absolute atomic E-state index is 0.0140. The molecule has 0 saturated heterocycles. The van der Waals surface area contributed by atoms with Crippen LogP contribution < -0.4 is 10.1 Å². The van der Waals surface area contributed by atoms with Gasteiger partial charge in [0.15, 0.2) is 0 Å². The molecule has 2 rings (SSSR count). The van der Waals surface area contributed by atoms with Gasteiger partial charge in [-0.3, -0.25) is 0 Å². The normalized spacial score (nSPS) is 16.6. The van der Waals surface area contributed by atoms with Crippen molar-refractivity contribution in [3.63, 3.8) is 0 Å². The van der Waals surface area contributed by atoms with Gasteiger partial charge in [0.2, 0.25) is 0 Å². The monoisotopic (exact) mass is 251 g/mol. The molecule has 1 fully saturated rings. The fraction of sp³-hybridized carbons (Fsp3) is 0.571. The summed E-state index contributed by atoms with van der Waals surface area (Å²) in [4.78, 5) is 0. The lowest BCUT2D eigenvalue weighted by molar-refractivity contribution is 0.204. The van der Waals surface area contributed by atoms with Crippen LogP contribution in [0.4, 0.5) is 0 Å². The molecule has 3 N–H and O–H groups in total. The Kier molecular flexibility index (Phi) is 4.99. The van der Waals surface area contributed by atoms with Gasteiger partial charge in [0, 0.05) is 17.6 Å².